The monoisotopic (exact) mass is 245 g/mol. The van der Waals surface area contributed by atoms with Crippen LogP contribution in [0.15, 0.2) is 31.1 Å². The lowest BCUT2D eigenvalue weighted by atomic mass is 10.3. The summed E-state index contributed by atoms with van der Waals surface area (Å²) in [5, 5.41) is 3.46. The van der Waals surface area contributed by atoms with E-state index >= 15 is 0 Å². The van der Waals surface area contributed by atoms with E-state index < -0.39 is 0 Å². The fraction of sp³-hybridized carbons (Fsp3) is 0.538. The van der Waals surface area contributed by atoms with Crippen LogP contribution in [0.5, 0.6) is 0 Å². The van der Waals surface area contributed by atoms with Gasteiger partial charge < -0.3 is 14.5 Å². The number of hydrogen-bond donors (Lipinski definition) is 1. The van der Waals surface area contributed by atoms with Crippen LogP contribution in [-0.2, 0) is 13.1 Å². The second kappa shape index (κ2) is 5.25. The number of aryl methyl sites for hydroxylation is 2. The highest BCUT2D eigenvalue weighted by Crippen LogP contribution is 2.23. The molecule has 0 unspecified atom stereocenters. The van der Waals surface area contributed by atoms with Crippen molar-refractivity contribution in [2.24, 2.45) is 0 Å². The highest BCUT2D eigenvalue weighted by molar-refractivity contribution is 5.29. The Morgan fingerprint density at radius 1 is 1.17 bits per heavy atom. The van der Waals surface area contributed by atoms with E-state index in [1.165, 1.54) is 12.8 Å². The Kier molecular flexibility index (Phi) is 3.30. The highest BCUT2D eigenvalue weighted by atomic mass is 15.2. The number of nitrogens with one attached hydrogen (secondary N) is 1. The summed E-state index contributed by atoms with van der Waals surface area (Å²) in [6, 6.07) is 0.664. The quantitative estimate of drug-likeness (QED) is 0.760. The van der Waals surface area contributed by atoms with Crippen LogP contribution in [0, 0.1) is 0 Å². The molecular formula is C13H19N5. The molecule has 0 radical (unpaired) electrons. The summed E-state index contributed by atoms with van der Waals surface area (Å²) in [4.78, 5) is 8.40. The van der Waals surface area contributed by atoms with Crippen molar-refractivity contribution in [3.05, 3.63) is 31.1 Å². The number of anilines is 1. The molecule has 1 saturated carbocycles. The van der Waals surface area contributed by atoms with E-state index in [1.807, 2.05) is 24.9 Å². The van der Waals surface area contributed by atoms with E-state index in [0.717, 1.165) is 31.9 Å². The Morgan fingerprint density at radius 3 is 2.83 bits per heavy atom. The molecule has 0 bridgehead atoms. The molecule has 0 atom stereocenters. The number of unbranched alkanes of at least 4 members (excludes halogenated alkanes) is 1. The third-order valence-electron chi connectivity index (χ3n) is 3.25. The van der Waals surface area contributed by atoms with Gasteiger partial charge in [-0.25, -0.2) is 9.97 Å². The molecule has 2 aromatic rings. The van der Waals surface area contributed by atoms with Crippen molar-refractivity contribution in [3.63, 3.8) is 0 Å². The summed E-state index contributed by atoms with van der Waals surface area (Å²) in [5.74, 6) is 1.03. The van der Waals surface area contributed by atoms with Crippen molar-refractivity contribution in [3.8, 4) is 0 Å². The molecule has 0 saturated heterocycles. The van der Waals surface area contributed by atoms with Gasteiger partial charge in [0.15, 0.2) is 0 Å². The normalized spacial score (nSPS) is 14.9. The Balaban J connectivity index is 1.43. The van der Waals surface area contributed by atoms with E-state index in [-0.39, 0.29) is 0 Å². The van der Waals surface area contributed by atoms with Gasteiger partial charge in [0, 0.05) is 43.9 Å². The molecule has 2 heterocycles. The molecule has 1 fully saturated rings. The van der Waals surface area contributed by atoms with Gasteiger partial charge in [0.05, 0.1) is 6.33 Å². The van der Waals surface area contributed by atoms with Gasteiger partial charge in [-0.3, -0.25) is 0 Å². The average molecular weight is 245 g/mol. The van der Waals surface area contributed by atoms with Crippen molar-refractivity contribution in [2.75, 3.05) is 5.32 Å². The van der Waals surface area contributed by atoms with Gasteiger partial charge in [-0.05, 0) is 25.7 Å². The summed E-state index contributed by atoms with van der Waals surface area (Å²) < 4.78 is 4.34. The Bertz CT molecular complexity index is 469. The second-order valence-electron chi connectivity index (χ2n) is 4.87. The Hall–Kier alpha value is -1.78. The molecule has 0 aromatic carbocycles. The number of aromatic nitrogens is 4. The number of rotatable bonds is 7. The van der Waals surface area contributed by atoms with Crippen LogP contribution >= 0.6 is 0 Å². The van der Waals surface area contributed by atoms with Gasteiger partial charge in [0.1, 0.15) is 0 Å². The number of hydrogen-bond acceptors (Lipinski definition) is 3. The first-order chi connectivity index (χ1) is 8.92. The SMILES string of the molecule is c1cn(CCCCn2ccnc2NC2CC2)cn1. The molecule has 96 valence electrons. The molecule has 3 rings (SSSR count). The van der Waals surface area contributed by atoms with Crippen LogP contribution in [0.25, 0.3) is 0 Å². The molecule has 0 aliphatic heterocycles. The Morgan fingerprint density at radius 2 is 2.06 bits per heavy atom. The molecule has 1 N–H and O–H groups in total. The lowest BCUT2D eigenvalue weighted by Gasteiger charge is -2.09. The fourth-order valence-corrected chi connectivity index (χ4v) is 2.04. The van der Waals surface area contributed by atoms with Gasteiger partial charge in [-0.1, -0.05) is 0 Å². The van der Waals surface area contributed by atoms with Gasteiger partial charge in [0.2, 0.25) is 5.95 Å². The third-order valence-corrected chi connectivity index (χ3v) is 3.25. The van der Waals surface area contributed by atoms with Gasteiger partial charge >= 0.3 is 0 Å². The molecule has 18 heavy (non-hydrogen) atoms. The first-order valence-electron chi connectivity index (χ1n) is 6.65. The van der Waals surface area contributed by atoms with Crippen LogP contribution in [0.1, 0.15) is 25.7 Å². The van der Waals surface area contributed by atoms with E-state index in [9.17, 15) is 0 Å². The summed E-state index contributed by atoms with van der Waals surface area (Å²) in [6.07, 6.45) is 14.5. The minimum absolute atomic E-state index is 0.664. The van der Waals surface area contributed by atoms with Gasteiger partial charge in [-0.2, -0.15) is 0 Å². The van der Waals surface area contributed by atoms with E-state index in [1.54, 1.807) is 0 Å². The minimum atomic E-state index is 0.664. The lowest BCUT2D eigenvalue weighted by Crippen LogP contribution is -2.09. The zero-order valence-corrected chi connectivity index (χ0v) is 10.5. The van der Waals surface area contributed by atoms with Crippen LogP contribution < -0.4 is 5.32 Å². The molecule has 1 aliphatic rings. The lowest BCUT2D eigenvalue weighted by molar-refractivity contribution is 0.554. The summed E-state index contributed by atoms with van der Waals surface area (Å²) >= 11 is 0. The maximum atomic E-state index is 4.36. The second-order valence-corrected chi connectivity index (χ2v) is 4.87. The van der Waals surface area contributed by atoms with E-state index in [2.05, 4.69) is 30.6 Å². The average Bonchev–Trinajstić information content (AvgIpc) is 2.88. The van der Waals surface area contributed by atoms with Crippen molar-refractivity contribution in [1.29, 1.82) is 0 Å². The van der Waals surface area contributed by atoms with Crippen molar-refractivity contribution < 1.29 is 0 Å². The highest BCUT2D eigenvalue weighted by Gasteiger charge is 2.22. The van der Waals surface area contributed by atoms with Crippen LogP contribution in [-0.4, -0.2) is 25.1 Å². The Labute approximate surface area is 107 Å². The molecule has 1 aliphatic carbocycles. The zero-order chi connectivity index (χ0) is 12.2. The van der Waals surface area contributed by atoms with Crippen molar-refractivity contribution in [2.45, 2.75) is 44.8 Å². The molecule has 0 amide bonds. The van der Waals surface area contributed by atoms with Crippen LogP contribution in [0.4, 0.5) is 5.95 Å². The molecule has 5 nitrogen and oxygen atoms in total. The van der Waals surface area contributed by atoms with Gasteiger partial charge in [-0.15, -0.1) is 0 Å². The number of imidazole rings is 2. The predicted octanol–water partition coefficient (Wildman–Crippen LogP) is 2.13. The maximum absolute atomic E-state index is 4.36. The summed E-state index contributed by atoms with van der Waals surface area (Å²) in [6.45, 7) is 2.07. The summed E-state index contributed by atoms with van der Waals surface area (Å²) in [5.41, 5.74) is 0. The molecule has 5 heteroatoms. The molecular weight excluding hydrogens is 226 g/mol. The van der Waals surface area contributed by atoms with Crippen molar-refractivity contribution >= 4 is 5.95 Å². The first-order valence-corrected chi connectivity index (χ1v) is 6.65. The molecule has 0 spiro atoms. The number of nitrogens with zero attached hydrogens (tertiary/aromatic N) is 4. The van der Waals surface area contributed by atoms with E-state index in [4.69, 9.17) is 0 Å². The first kappa shape index (κ1) is 11.3. The third kappa shape index (κ3) is 2.91. The summed E-state index contributed by atoms with van der Waals surface area (Å²) in [7, 11) is 0. The van der Waals surface area contributed by atoms with Crippen molar-refractivity contribution in [1.82, 2.24) is 19.1 Å². The standard InChI is InChI=1S/C13H19N5/c1(7-17-9-5-14-11-17)2-8-18-10-6-15-13(18)16-12-3-4-12/h5-6,9-12H,1-4,7-8H2,(H,15,16). The van der Waals surface area contributed by atoms with Crippen LogP contribution in [0.2, 0.25) is 0 Å². The fourth-order valence-electron chi connectivity index (χ4n) is 2.04. The van der Waals surface area contributed by atoms with Gasteiger partial charge in [0.25, 0.3) is 0 Å². The zero-order valence-electron chi connectivity index (χ0n) is 10.5. The maximum Gasteiger partial charge on any atom is 0.202 e. The topological polar surface area (TPSA) is 47.7 Å². The minimum Gasteiger partial charge on any atom is -0.353 e. The van der Waals surface area contributed by atoms with E-state index in [0.29, 0.717) is 6.04 Å². The smallest absolute Gasteiger partial charge is 0.202 e. The predicted molar refractivity (Wildman–Crippen MR) is 70.3 cm³/mol. The van der Waals surface area contributed by atoms with Crippen LogP contribution in [0.3, 0.4) is 0 Å². The molecule has 2 aromatic heterocycles. The largest absolute Gasteiger partial charge is 0.353 e.